The van der Waals surface area contributed by atoms with Crippen molar-refractivity contribution in [2.75, 3.05) is 13.1 Å². The van der Waals surface area contributed by atoms with Gasteiger partial charge >= 0.3 is 0 Å². The maximum absolute atomic E-state index is 12.8. The van der Waals surface area contributed by atoms with Gasteiger partial charge in [0.1, 0.15) is 17.6 Å². The van der Waals surface area contributed by atoms with E-state index in [0.717, 1.165) is 29.4 Å². The van der Waals surface area contributed by atoms with E-state index in [1.54, 1.807) is 0 Å². The highest BCUT2D eigenvalue weighted by Crippen LogP contribution is 2.21. The second kappa shape index (κ2) is 6.78. The SMILES string of the molecule is Cc1cc(OC2CCN(C(=O)c3cc4ccccc4[nH]3)CC2)nc(C)n1. The standard InChI is InChI=1S/C20H22N4O2/c1-13-11-19(22-14(2)21-13)26-16-7-9-24(10-8-16)20(25)18-12-15-5-3-4-6-17(15)23-18/h3-6,11-12,16,23H,7-10H2,1-2H3. The number of aromatic nitrogens is 3. The molecule has 2 aromatic heterocycles. The van der Waals surface area contributed by atoms with Crippen molar-refractivity contribution in [3.05, 3.63) is 53.6 Å². The second-order valence-corrected chi connectivity index (χ2v) is 6.77. The van der Waals surface area contributed by atoms with Gasteiger partial charge in [0.25, 0.3) is 5.91 Å². The molecule has 1 N–H and O–H groups in total. The number of carbonyl (C=O) groups excluding carboxylic acids is 1. The molecule has 1 aliphatic heterocycles. The molecule has 6 heteroatoms. The number of nitrogens with zero attached hydrogens (tertiary/aromatic N) is 3. The number of amides is 1. The van der Waals surface area contributed by atoms with E-state index in [0.29, 0.717) is 30.5 Å². The number of hydrogen-bond acceptors (Lipinski definition) is 4. The van der Waals surface area contributed by atoms with Gasteiger partial charge in [-0.05, 0) is 26.0 Å². The summed E-state index contributed by atoms with van der Waals surface area (Å²) in [6.45, 7) is 5.16. The molecular weight excluding hydrogens is 328 g/mol. The van der Waals surface area contributed by atoms with Gasteiger partial charge in [0.05, 0.1) is 0 Å². The predicted molar refractivity (Wildman–Crippen MR) is 99.4 cm³/mol. The number of benzene rings is 1. The summed E-state index contributed by atoms with van der Waals surface area (Å²) >= 11 is 0. The first kappa shape index (κ1) is 16.6. The molecule has 0 aliphatic carbocycles. The Morgan fingerprint density at radius 3 is 2.65 bits per heavy atom. The molecule has 1 amide bonds. The summed E-state index contributed by atoms with van der Waals surface area (Å²) in [5, 5.41) is 1.06. The molecule has 1 fully saturated rings. The number of ether oxygens (including phenoxy) is 1. The van der Waals surface area contributed by atoms with Crippen LogP contribution in [0.2, 0.25) is 0 Å². The van der Waals surface area contributed by atoms with Crippen LogP contribution < -0.4 is 4.74 Å². The summed E-state index contributed by atoms with van der Waals surface area (Å²) in [6.07, 6.45) is 1.68. The average molecular weight is 350 g/mol. The van der Waals surface area contributed by atoms with E-state index in [9.17, 15) is 4.79 Å². The van der Waals surface area contributed by atoms with Crippen molar-refractivity contribution in [1.29, 1.82) is 0 Å². The lowest BCUT2D eigenvalue weighted by molar-refractivity contribution is 0.0583. The first-order valence-electron chi connectivity index (χ1n) is 8.94. The predicted octanol–water partition coefficient (Wildman–Crippen LogP) is 3.26. The van der Waals surface area contributed by atoms with Crippen LogP contribution in [0.3, 0.4) is 0 Å². The van der Waals surface area contributed by atoms with Gasteiger partial charge in [0, 0.05) is 48.6 Å². The van der Waals surface area contributed by atoms with Crippen LogP contribution in [-0.2, 0) is 0 Å². The Hall–Kier alpha value is -2.89. The number of H-pyrrole nitrogens is 1. The van der Waals surface area contributed by atoms with Crippen molar-refractivity contribution in [2.45, 2.75) is 32.8 Å². The molecule has 3 aromatic rings. The van der Waals surface area contributed by atoms with Gasteiger partial charge in [-0.25, -0.2) is 4.98 Å². The molecule has 1 aliphatic rings. The van der Waals surface area contributed by atoms with Gasteiger partial charge in [-0.15, -0.1) is 0 Å². The van der Waals surface area contributed by atoms with E-state index in [1.165, 1.54) is 0 Å². The molecule has 0 unspecified atom stereocenters. The number of aromatic amines is 1. The zero-order valence-corrected chi connectivity index (χ0v) is 15.0. The number of likely N-dealkylation sites (tertiary alicyclic amines) is 1. The van der Waals surface area contributed by atoms with E-state index >= 15 is 0 Å². The monoisotopic (exact) mass is 350 g/mol. The Bertz CT molecular complexity index is 889. The van der Waals surface area contributed by atoms with Crippen molar-refractivity contribution in [3.63, 3.8) is 0 Å². The van der Waals surface area contributed by atoms with Crippen molar-refractivity contribution >= 4 is 16.8 Å². The third-order valence-electron chi connectivity index (χ3n) is 4.72. The summed E-state index contributed by atoms with van der Waals surface area (Å²) in [5.74, 6) is 1.38. The zero-order chi connectivity index (χ0) is 18.1. The smallest absolute Gasteiger partial charge is 0.270 e. The van der Waals surface area contributed by atoms with E-state index in [4.69, 9.17) is 4.74 Å². The third-order valence-corrected chi connectivity index (χ3v) is 4.72. The van der Waals surface area contributed by atoms with Gasteiger partial charge in [-0.2, -0.15) is 4.98 Å². The Balaban J connectivity index is 1.39. The fraction of sp³-hybridized carbons (Fsp3) is 0.350. The quantitative estimate of drug-likeness (QED) is 0.787. The number of nitrogens with one attached hydrogen (secondary N) is 1. The molecule has 0 bridgehead atoms. The highest BCUT2D eigenvalue weighted by molar-refractivity contribution is 5.98. The summed E-state index contributed by atoms with van der Waals surface area (Å²) in [4.78, 5) is 26.5. The molecule has 1 aromatic carbocycles. The summed E-state index contributed by atoms with van der Waals surface area (Å²) in [6, 6.07) is 11.7. The number of hydrogen-bond donors (Lipinski definition) is 1. The first-order valence-corrected chi connectivity index (χ1v) is 8.94. The van der Waals surface area contributed by atoms with Gasteiger partial charge in [-0.3, -0.25) is 4.79 Å². The van der Waals surface area contributed by atoms with Crippen LogP contribution in [-0.4, -0.2) is 45.0 Å². The molecular formula is C20H22N4O2. The van der Waals surface area contributed by atoms with E-state index in [-0.39, 0.29) is 12.0 Å². The molecule has 6 nitrogen and oxygen atoms in total. The summed E-state index contributed by atoms with van der Waals surface area (Å²) in [7, 11) is 0. The van der Waals surface area contributed by atoms with Crippen molar-refractivity contribution < 1.29 is 9.53 Å². The lowest BCUT2D eigenvalue weighted by Gasteiger charge is -2.31. The topological polar surface area (TPSA) is 71.1 Å². The molecule has 0 spiro atoms. The Morgan fingerprint density at radius 2 is 1.92 bits per heavy atom. The number of carbonyl (C=O) groups is 1. The fourth-order valence-electron chi connectivity index (χ4n) is 3.45. The second-order valence-electron chi connectivity index (χ2n) is 6.77. The number of para-hydroxylation sites is 1. The molecule has 3 heterocycles. The van der Waals surface area contributed by atoms with Crippen LogP contribution in [0, 0.1) is 13.8 Å². The normalized spacial score (nSPS) is 15.4. The Labute approximate surface area is 152 Å². The van der Waals surface area contributed by atoms with Crippen molar-refractivity contribution in [2.24, 2.45) is 0 Å². The van der Waals surface area contributed by atoms with Gasteiger partial charge in [0.2, 0.25) is 5.88 Å². The lowest BCUT2D eigenvalue weighted by atomic mass is 10.1. The highest BCUT2D eigenvalue weighted by atomic mass is 16.5. The van der Waals surface area contributed by atoms with Crippen LogP contribution in [0.25, 0.3) is 10.9 Å². The van der Waals surface area contributed by atoms with Crippen LogP contribution in [0.1, 0.15) is 34.8 Å². The average Bonchev–Trinajstić information content (AvgIpc) is 3.05. The Kier molecular flexibility index (Phi) is 4.32. The lowest BCUT2D eigenvalue weighted by Crippen LogP contribution is -2.42. The molecule has 26 heavy (non-hydrogen) atoms. The molecule has 0 saturated carbocycles. The summed E-state index contributed by atoms with van der Waals surface area (Å²) < 4.78 is 6.00. The first-order chi connectivity index (χ1) is 12.6. The highest BCUT2D eigenvalue weighted by Gasteiger charge is 2.26. The van der Waals surface area contributed by atoms with Crippen LogP contribution in [0.5, 0.6) is 5.88 Å². The van der Waals surface area contributed by atoms with E-state index in [1.807, 2.05) is 55.1 Å². The summed E-state index contributed by atoms with van der Waals surface area (Å²) in [5.41, 5.74) is 2.54. The zero-order valence-electron chi connectivity index (χ0n) is 15.0. The fourth-order valence-corrected chi connectivity index (χ4v) is 3.45. The minimum absolute atomic E-state index is 0.0494. The molecule has 4 rings (SSSR count). The van der Waals surface area contributed by atoms with Crippen LogP contribution in [0.15, 0.2) is 36.4 Å². The van der Waals surface area contributed by atoms with E-state index < -0.39 is 0 Å². The molecule has 0 atom stereocenters. The van der Waals surface area contributed by atoms with Crippen molar-refractivity contribution in [1.82, 2.24) is 19.9 Å². The van der Waals surface area contributed by atoms with Gasteiger partial charge in [-0.1, -0.05) is 18.2 Å². The minimum atomic E-state index is 0.0494. The Morgan fingerprint density at radius 1 is 1.15 bits per heavy atom. The van der Waals surface area contributed by atoms with Crippen LogP contribution >= 0.6 is 0 Å². The maximum Gasteiger partial charge on any atom is 0.270 e. The molecule has 0 radical (unpaired) electrons. The largest absolute Gasteiger partial charge is 0.474 e. The van der Waals surface area contributed by atoms with Crippen LogP contribution in [0.4, 0.5) is 0 Å². The number of rotatable bonds is 3. The number of piperidine rings is 1. The van der Waals surface area contributed by atoms with Gasteiger partial charge in [0.15, 0.2) is 0 Å². The minimum Gasteiger partial charge on any atom is -0.474 e. The van der Waals surface area contributed by atoms with E-state index in [2.05, 4.69) is 15.0 Å². The third kappa shape index (κ3) is 3.40. The number of fused-ring (bicyclic) bond motifs is 1. The molecule has 134 valence electrons. The number of aryl methyl sites for hydroxylation is 2. The van der Waals surface area contributed by atoms with Crippen molar-refractivity contribution in [3.8, 4) is 5.88 Å². The molecule has 1 saturated heterocycles. The van der Waals surface area contributed by atoms with Gasteiger partial charge < -0.3 is 14.6 Å². The maximum atomic E-state index is 12.8.